The van der Waals surface area contributed by atoms with E-state index in [9.17, 15) is 14.4 Å². The lowest BCUT2D eigenvalue weighted by molar-refractivity contribution is -0.134. The molecule has 0 aromatic carbocycles. The maximum Gasteiger partial charge on any atom is 0.318 e. The van der Waals surface area contributed by atoms with Gasteiger partial charge in [-0.3, -0.25) is 14.4 Å². The molecule has 0 atom stereocenters. The molecule has 210 valence electrons. The molecule has 0 aliphatic carbocycles. The van der Waals surface area contributed by atoms with Crippen molar-refractivity contribution in [3.63, 3.8) is 0 Å². The first-order valence-electron chi connectivity index (χ1n) is 12.7. The topological polar surface area (TPSA) is 186 Å². The first-order valence-corrected chi connectivity index (χ1v) is 13.6. The summed E-state index contributed by atoms with van der Waals surface area (Å²) in [5.74, 6) is -1.32. The Morgan fingerprint density at radius 2 is 1.85 bits per heavy atom. The Bertz CT molecular complexity index is 1250. The van der Waals surface area contributed by atoms with Crippen LogP contribution in [0.1, 0.15) is 58.0 Å². The molecule has 0 radical (unpaired) electrons. The fraction of sp³-hybridized carbons (Fsp3) is 0.480. The summed E-state index contributed by atoms with van der Waals surface area (Å²) in [6.45, 7) is 7.83. The molecule has 2 aliphatic rings. The maximum atomic E-state index is 10.9. The number of primary amides is 2. The number of fused-ring (bicyclic) bond motifs is 1. The number of nitrogens with zero attached hydrogens (tertiary/aromatic N) is 6. The molecule has 13 nitrogen and oxygen atoms in total. The number of aryl methyl sites for hydroxylation is 2. The van der Waals surface area contributed by atoms with Gasteiger partial charge in [-0.1, -0.05) is 18.1 Å². The third kappa shape index (κ3) is 9.11. The molecule has 3 aromatic rings. The Morgan fingerprint density at radius 1 is 1.10 bits per heavy atom. The molecule has 0 spiro atoms. The number of anilines is 2. The van der Waals surface area contributed by atoms with E-state index in [2.05, 4.69) is 42.3 Å². The van der Waals surface area contributed by atoms with E-state index in [1.807, 2.05) is 19.9 Å². The van der Waals surface area contributed by atoms with Crippen LogP contribution < -0.4 is 21.7 Å². The summed E-state index contributed by atoms with van der Waals surface area (Å²) in [6.07, 6.45) is 7.23. The molecule has 5 rings (SSSR count). The zero-order valence-electron chi connectivity index (χ0n) is 22.5. The van der Waals surface area contributed by atoms with Crippen LogP contribution in [0.3, 0.4) is 0 Å². The first-order chi connectivity index (χ1) is 18.7. The van der Waals surface area contributed by atoms with Gasteiger partial charge in [0, 0.05) is 50.6 Å². The fourth-order valence-electron chi connectivity index (χ4n) is 3.81. The van der Waals surface area contributed by atoms with E-state index in [0.29, 0.717) is 22.7 Å². The molecule has 5 heterocycles. The number of aromatic nitrogens is 4. The Hall–Kier alpha value is -3.91. The summed E-state index contributed by atoms with van der Waals surface area (Å²) in [5.41, 5.74) is 12.0. The molecule has 14 heteroatoms. The normalized spacial score (nSPS) is 14.7. The second kappa shape index (κ2) is 14.3. The van der Waals surface area contributed by atoms with E-state index in [4.69, 9.17) is 15.9 Å². The lowest BCUT2D eigenvalue weighted by Gasteiger charge is -2.23. The predicted octanol–water partition coefficient (Wildman–Crippen LogP) is 1.67. The van der Waals surface area contributed by atoms with E-state index >= 15 is 0 Å². The zero-order chi connectivity index (χ0) is 28.4. The number of amides is 3. The van der Waals surface area contributed by atoms with E-state index in [-0.39, 0.29) is 0 Å². The summed E-state index contributed by atoms with van der Waals surface area (Å²) in [4.78, 5) is 45.8. The van der Waals surface area contributed by atoms with E-state index in [0.717, 1.165) is 50.3 Å². The van der Waals surface area contributed by atoms with Crippen LogP contribution >= 0.6 is 11.3 Å². The van der Waals surface area contributed by atoms with Gasteiger partial charge in [0.2, 0.25) is 5.89 Å². The highest BCUT2D eigenvalue weighted by Crippen LogP contribution is 2.24. The Labute approximate surface area is 231 Å². The van der Waals surface area contributed by atoms with Crippen molar-refractivity contribution in [2.24, 2.45) is 11.5 Å². The van der Waals surface area contributed by atoms with Crippen molar-refractivity contribution < 1.29 is 18.8 Å². The van der Waals surface area contributed by atoms with E-state index in [1.165, 1.54) is 35.5 Å². The number of nitrogens with one attached hydrogen (secondary N) is 1. The minimum atomic E-state index is -1.02. The second-order valence-electron chi connectivity index (χ2n) is 9.12. The first kappa shape index (κ1) is 29.6. The number of thiazole rings is 1. The van der Waals surface area contributed by atoms with Crippen LogP contribution in [0.25, 0.3) is 0 Å². The van der Waals surface area contributed by atoms with Crippen LogP contribution in [-0.4, -0.2) is 69.5 Å². The summed E-state index contributed by atoms with van der Waals surface area (Å²) in [6, 6.07) is 4.13. The van der Waals surface area contributed by atoms with Crippen molar-refractivity contribution in [2.75, 3.05) is 36.9 Å². The van der Waals surface area contributed by atoms with Crippen LogP contribution in [0.4, 0.5) is 11.8 Å². The largest absolute Gasteiger partial charge is 0.408 e. The van der Waals surface area contributed by atoms with Crippen molar-refractivity contribution in [2.45, 2.75) is 52.5 Å². The number of nitrogens with two attached hydrogens (primary N) is 2. The Balaban J connectivity index is 0.000000162. The molecule has 1 saturated heterocycles. The Morgan fingerprint density at radius 3 is 2.41 bits per heavy atom. The standard InChI is InChI=1S/C9H11N3O2.C8H11N3OS.C8H13N3O/c1-2-6-3-4-7(11-5-6)12-9(14)8(10)13;1-11-3-2-5-6(4-11)13-8(10-5)7(9)12;1-7-9-10-8(12-7)11-5-3-2-4-6-11/h3-5H,2H2,1H3,(H2,10,13)(H,11,12,14);2-4H2,1H3,(H2,9,12);2-6H2,1H3. The number of hydrogen-bond donors (Lipinski definition) is 3. The molecule has 0 bridgehead atoms. The number of likely N-dealkylation sites (N-methyl/N-ethyl adjacent to an activating group) is 1. The third-order valence-electron chi connectivity index (χ3n) is 5.97. The monoisotopic (exact) mass is 557 g/mol. The molecule has 3 amide bonds. The smallest absolute Gasteiger partial charge is 0.318 e. The quantitative estimate of drug-likeness (QED) is 0.398. The predicted molar refractivity (Wildman–Crippen MR) is 147 cm³/mol. The molecule has 0 saturated carbocycles. The number of carbonyl (C=O) groups excluding carboxylic acids is 3. The average molecular weight is 558 g/mol. The number of pyridine rings is 1. The molecule has 2 aliphatic heterocycles. The summed E-state index contributed by atoms with van der Waals surface area (Å²) in [5, 5.41) is 10.5. The molecule has 3 aromatic heterocycles. The summed E-state index contributed by atoms with van der Waals surface area (Å²) >= 11 is 1.42. The molecular weight excluding hydrogens is 522 g/mol. The van der Waals surface area contributed by atoms with Gasteiger partial charge in [-0.15, -0.1) is 16.4 Å². The number of piperidine rings is 1. The van der Waals surface area contributed by atoms with Crippen molar-refractivity contribution in [3.8, 4) is 0 Å². The van der Waals surface area contributed by atoms with Gasteiger partial charge < -0.3 is 31.0 Å². The van der Waals surface area contributed by atoms with Gasteiger partial charge >= 0.3 is 17.8 Å². The van der Waals surface area contributed by atoms with E-state index in [1.54, 1.807) is 12.3 Å². The lowest BCUT2D eigenvalue weighted by atomic mass is 10.1. The van der Waals surface area contributed by atoms with Gasteiger partial charge in [-0.25, -0.2) is 9.97 Å². The zero-order valence-corrected chi connectivity index (χ0v) is 23.3. The second-order valence-corrected chi connectivity index (χ2v) is 10.2. The van der Waals surface area contributed by atoms with Crippen molar-refractivity contribution >= 4 is 40.9 Å². The number of rotatable bonds is 4. The van der Waals surface area contributed by atoms with Crippen LogP contribution in [-0.2, 0) is 29.0 Å². The summed E-state index contributed by atoms with van der Waals surface area (Å²) in [7, 11) is 2.06. The average Bonchev–Trinajstić information content (AvgIpc) is 3.56. The molecule has 5 N–H and O–H groups in total. The minimum Gasteiger partial charge on any atom is -0.408 e. The highest BCUT2D eigenvalue weighted by atomic mass is 32.1. The van der Waals surface area contributed by atoms with Crippen LogP contribution in [0.15, 0.2) is 22.7 Å². The minimum absolute atomic E-state index is 0.325. The van der Waals surface area contributed by atoms with Gasteiger partial charge in [0.1, 0.15) is 5.82 Å². The van der Waals surface area contributed by atoms with Crippen LogP contribution in [0, 0.1) is 6.92 Å². The van der Waals surface area contributed by atoms with Gasteiger partial charge in [0.15, 0.2) is 5.01 Å². The van der Waals surface area contributed by atoms with Gasteiger partial charge in [-0.2, -0.15) is 0 Å². The Kier molecular flexibility index (Phi) is 10.9. The van der Waals surface area contributed by atoms with Gasteiger partial charge in [0.25, 0.3) is 5.91 Å². The third-order valence-corrected chi connectivity index (χ3v) is 7.07. The highest BCUT2D eigenvalue weighted by Gasteiger charge is 2.20. The number of carbonyl (C=O) groups is 3. The highest BCUT2D eigenvalue weighted by molar-refractivity contribution is 7.13. The van der Waals surface area contributed by atoms with Gasteiger partial charge in [0.05, 0.1) is 5.69 Å². The van der Waals surface area contributed by atoms with Crippen molar-refractivity contribution in [3.05, 3.63) is 45.4 Å². The fourth-order valence-corrected chi connectivity index (χ4v) is 4.85. The van der Waals surface area contributed by atoms with Gasteiger partial charge in [-0.05, 0) is 44.4 Å². The maximum absolute atomic E-state index is 10.9. The molecular formula is C25H35N9O4S. The lowest BCUT2D eigenvalue weighted by Crippen LogP contribution is -2.29. The van der Waals surface area contributed by atoms with Crippen LogP contribution in [0.5, 0.6) is 0 Å². The van der Waals surface area contributed by atoms with Crippen molar-refractivity contribution in [1.82, 2.24) is 25.1 Å². The molecule has 1 fully saturated rings. The molecule has 0 unspecified atom stereocenters. The SMILES string of the molecule is CCc1ccc(NC(=O)C(N)=O)nc1.CN1CCc2nc(C(N)=O)sc2C1.Cc1nnc(N2CCCCC2)o1. The van der Waals surface area contributed by atoms with Crippen LogP contribution in [0.2, 0.25) is 0 Å². The van der Waals surface area contributed by atoms with E-state index < -0.39 is 17.7 Å². The van der Waals surface area contributed by atoms with Crippen molar-refractivity contribution in [1.29, 1.82) is 0 Å². The molecule has 39 heavy (non-hydrogen) atoms. The number of hydrogen-bond acceptors (Lipinski definition) is 11. The summed E-state index contributed by atoms with van der Waals surface area (Å²) < 4.78 is 5.33.